The van der Waals surface area contributed by atoms with Gasteiger partial charge in [0.1, 0.15) is 11.3 Å². The van der Waals surface area contributed by atoms with Crippen LogP contribution in [0.15, 0.2) is 17.9 Å². The number of aliphatic hydroxyl groups is 1. The van der Waals surface area contributed by atoms with Crippen LogP contribution in [0.25, 0.3) is 5.57 Å². The fourth-order valence-corrected chi connectivity index (χ4v) is 3.80. The third kappa shape index (κ3) is 2.35. The quantitative estimate of drug-likeness (QED) is 0.827. The van der Waals surface area contributed by atoms with Crippen LogP contribution in [0.1, 0.15) is 29.5 Å². The highest BCUT2D eigenvalue weighted by molar-refractivity contribution is 6.31. The number of hydroxylamine groups is 2. The zero-order valence-electron chi connectivity index (χ0n) is 13.6. The Morgan fingerprint density at radius 1 is 1.17 bits per heavy atom. The van der Waals surface area contributed by atoms with Gasteiger partial charge in [-0.25, -0.2) is 0 Å². The number of carbonyl (C=O) groups excluding carboxylic acids is 1. The summed E-state index contributed by atoms with van der Waals surface area (Å²) in [7, 11) is 1.72. The van der Waals surface area contributed by atoms with Crippen LogP contribution in [-0.2, 0) is 4.79 Å². The monoisotopic (exact) mass is 336 g/mol. The molecule has 0 aromatic heterocycles. The minimum atomic E-state index is -0.717. The number of hydrogen-bond acceptors (Lipinski definition) is 4. The zero-order chi connectivity index (χ0) is 16.9. The Kier molecular flexibility index (Phi) is 3.91. The summed E-state index contributed by atoms with van der Waals surface area (Å²) in [4.78, 5) is 14.4. The fourth-order valence-electron chi connectivity index (χ4n) is 3.59. The number of hydrogen-bond donors (Lipinski definition) is 2. The van der Waals surface area contributed by atoms with Gasteiger partial charge < -0.3 is 15.2 Å². The van der Waals surface area contributed by atoms with Gasteiger partial charge in [-0.1, -0.05) is 11.6 Å². The molecule has 2 N–H and O–H groups in total. The van der Waals surface area contributed by atoms with E-state index in [1.165, 1.54) is 5.06 Å². The van der Waals surface area contributed by atoms with E-state index in [2.05, 4.69) is 0 Å². The van der Waals surface area contributed by atoms with Crippen LogP contribution in [0.5, 0.6) is 0 Å². The van der Waals surface area contributed by atoms with Crippen molar-refractivity contribution < 1.29 is 15.1 Å². The number of likely N-dealkylation sites (N-methyl/N-ethyl adjacent to an activating group) is 1. The fraction of sp³-hybridized carbons (Fsp3) is 0.471. The normalized spacial score (nSPS) is 21.6. The highest BCUT2D eigenvalue weighted by Crippen LogP contribution is 2.44. The molecule has 0 saturated carbocycles. The number of aryl methyl sites for hydroxylation is 2. The number of rotatable bonds is 1. The van der Waals surface area contributed by atoms with Crippen molar-refractivity contribution in [2.75, 3.05) is 20.1 Å². The van der Waals surface area contributed by atoms with E-state index in [0.29, 0.717) is 36.5 Å². The van der Waals surface area contributed by atoms with E-state index < -0.39 is 5.54 Å². The van der Waals surface area contributed by atoms with E-state index in [1.54, 1.807) is 11.9 Å². The zero-order valence-corrected chi connectivity index (χ0v) is 14.3. The van der Waals surface area contributed by atoms with Gasteiger partial charge >= 0.3 is 0 Å². The molecule has 0 atom stereocenters. The summed E-state index contributed by atoms with van der Waals surface area (Å²) < 4.78 is 0. The van der Waals surface area contributed by atoms with Gasteiger partial charge in [0, 0.05) is 25.2 Å². The summed E-state index contributed by atoms with van der Waals surface area (Å²) in [6.45, 7) is 4.61. The minimum absolute atomic E-state index is 0.114. The van der Waals surface area contributed by atoms with E-state index in [0.717, 1.165) is 16.7 Å². The number of carbonyl (C=O) groups is 1. The van der Waals surface area contributed by atoms with Gasteiger partial charge in [0.2, 0.25) is 0 Å². The van der Waals surface area contributed by atoms with Gasteiger partial charge in [-0.05, 0) is 55.5 Å². The summed E-state index contributed by atoms with van der Waals surface area (Å²) >= 11 is 6.15. The second kappa shape index (κ2) is 5.51. The van der Waals surface area contributed by atoms with E-state index in [-0.39, 0.29) is 11.7 Å². The lowest BCUT2D eigenvalue weighted by molar-refractivity contribution is -0.141. The smallest absolute Gasteiger partial charge is 0.258 e. The second-order valence-electron chi connectivity index (χ2n) is 6.49. The molecule has 2 heterocycles. The average molecular weight is 337 g/mol. The molecule has 5 nitrogen and oxygen atoms in total. The summed E-state index contributed by atoms with van der Waals surface area (Å²) in [5, 5.41) is 22.4. The topological polar surface area (TPSA) is 64.0 Å². The first-order chi connectivity index (χ1) is 10.8. The van der Waals surface area contributed by atoms with Crippen molar-refractivity contribution in [2.45, 2.75) is 32.2 Å². The molecule has 6 heteroatoms. The minimum Gasteiger partial charge on any atom is -0.509 e. The Labute approximate surface area is 140 Å². The highest BCUT2D eigenvalue weighted by atomic mass is 35.5. The van der Waals surface area contributed by atoms with E-state index in [4.69, 9.17) is 11.6 Å². The van der Waals surface area contributed by atoms with Gasteiger partial charge in [0.25, 0.3) is 5.91 Å². The predicted molar refractivity (Wildman–Crippen MR) is 88.6 cm³/mol. The van der Waals surface area contributed by atoms with Crippen molar-refractivity contribution in [3.63, 3.8) is 0 Å². The number of aliphatic hydroxyl groups excluding tert-OH is 1. The first-order valence-electron chi connectivity index (χ1n) is 7.71. The molecule has 1 saturated heterocycles. The third-order valence-electron chi connectivity index (χ3n) is 5.18. The van der Waals surface area contributed by atoms with Crippen LogP contribution in [-0.4, -0.2) is 51.9 Å². The highest BCUT2D eigenvalue weighted by Gasteiger charge is 2.52. The van der Waals surface area contributed by atoms with E-state index >= 15 is 0 Å². The van der Waals surface area contributed by atoms with Crippen LogP contribution < -0.4 is 0 Å². The Bertz CT molecular complexity index is 706. The lowest BCUT2D eigenvalue weighted by Crippen LogP contribution is -2.53. The van der Waals surface area contributed by atoms with Crippen molar-refractivity contribution in [3.8, 4) is 0 Å². The van der Waals surface area contributed by atoms with Crippen molar-refractivity contribution in [1.82, 2.24) is 9.96 Å². The molecule has 23 heavy (non-hydrogen) atoms. The van der Waals surface area contributed by atoms with Crippen LogP contribution in [0, 0.1) is 13.8 Å². The maximum absolute atomic E-state index is 12.8. The lowest BCUT2D eigenvalue weighted by atomic mass is 9.85. The predicted octanol–water partition coefficient (Wildman–Crippen LogP) is 2.92. The van der Waals surface area contributed by atoms with Gasteiger partial charge in [0.15, 0.2) is 0 Å². The maximum atomic E-state index is 12.8. The molecule has 2 aliphatic heterocycles. The maximum Gasteiger partial charge on any atom is 0.258 e. The standard InChI is InChI=1S/C17H21ClN2O3/c1-10-9-13(18)11(2)8-12(10)14-15(21)17(19(3)16(14)22)4-6-20(23)7-5-17/h8-9,21,23H,4-7H2,1-3H3. The Hall–Kier alpha value is -1.56. The molecular weight excluding hydrogens is 316 g/mol. The number of benzene rings is 1. The van der Waals surface area contributed by atoms with Crippen LogP contribution >= 0.6 is 11.6 Å². The molecule has 0 radical (unpaired) electrons. The molecule has 1 fully saturated rings. The molecular formula is C17H21ClN2O3. The molecule has 3 rings (SSSR count). The van der Waals surface area contributed by atoms with Crippen LogP contribution in [0.3, 0.4) is 0 Å². The Morgan fingerprint density at radius 3 is 2.39 bits per heavy atom. The first-order valence-corrected chi connectivity index (χ1v) is 8.08. The molecule has 1 aromatic carbocycles. The van der Waals surface area contributed by atoms with Crippen molar-refractivity contribution >= 4 is 23.1 Å². The van der Waals surface area contributed by atoms with Crippen molar-refractivity contribution in [1.29, 1.82) is 0 Å². The summed E-state index contributed by atoms with van der Waals surface area (Å²) in [5.41, 5.74) is 2.10. The second-order valence-corrected chi connectivity index (χ2v) is 6.90. The van der Waals surface area contributed by atoms with Gasteiger partial charge in [-0.15, -0.1) is 0 Å². The molecule has 1 spiro atoms. The van der Waals surface area contributed by atoms with Crippen molar-refractivity contribution in [2.24, 2.45) is 0 Å². The first kappa shape index (κ1) is 16.3. The molecule has 0 unspecified atom stereocenters. The summed E-state index contributed by atoms with van der Waals surface area (Å²) in [6, 6.07) is 3.68. The average Bonchev–Trinajstić information content (AvgIpc) is 2.68. The largest absolute Gasteiger partial charge is 0.509 e. The van der Waals surface area contributed by atoms with E-state index in [9.17, 15) is 15.1 Å². The molecule has 0 bridgehead atoms. The molecule has 0 aliphatic carbocycles. The van der Waals surface area contributed by atoms with Gasteiger partial charge in [-0.2, -0.15) is 5.06 Å². The van der Waals surface area contributed by atoms with Crippen molar-refractivity contribution in [3.05, 3.63) is 39.6 Å². The lowest BCUT2D eigenvalue weighted by Gasteiger charge is -2.41. The Balaban J connectivity index is 2.13. The number of nitrogens with zero attached hydrogens (tertiary/aromatic N) is 2. The summed E-state index contributed by atoms with van der Waals surface area (Å²) in [5.74, 6) is -0.0679. The third-order valence-corrected chi connectivity index (χ3v) is 5.59. The number of halogens is 1. The van der Waals surface area contributed by atoms with E-state index in [1.807, 2.05) is 26.0 Å². The van der Waals surface area contributed by atoms with Gasteiger partial charge in [0.05, 0.1) is 5.57 Å². The summed E-state index contributed by atoms with van der Waals surface area (Å²) in [6.07, 6.45) is 1.01. The van der Waals surface area contributed by atoms with Crippen LogP contribution in [0.2, 0.25) is 5.02 Å². The molecule has 1 amide bonds. The molecule has 1 aromatic rings. The molecule has 2 aliphatic rings. The molecule has 124 valence electrons. The number of piperidine rings is 1. The number of amides is 1. The van der Waals surface area contributed by atoms with Crippen LogP contribution in [0.4, 0.5) is 0 Å². The SMILES string of the molecule is Cc1cc(C2=C(O)C3(CCN(O)CC3)N(C)C2=O)c(C)cc1Cl. The van der Waals surface area contributed by atoms with Gasteiger partial charge in [-0.3, -0.25) is 4.79 Å². The Morgan fingerprint density at radius 2 is 1.78 bits per heavy atom.